The van der Waals surface area contributed by atoms with E-state index in [9.17, 15) is 10.2 Å². The third kappa shape index (κ3) is 5.09. The molecule has 2 N–H and O–H groups in total. The molecule has 0 amide bonds. The van der Waals surface area contributed by atoms with Crippen molar-refractivity contribution in [3.63, 3.8) is 0 Å². The van der Waals surface area contributed by atoms with Crippen LogP contribution in [0.1, 0.15) is 5.56 Å². The Morgan fingerprint density at radius 3 is 2.70 bits per heavy atom. The molecule has 0 bridgehead atoms. The SMILES string of the molecule is OCCN(CCN1CCOCC1)Cc1cccc(O)c1. The zero-order chi connectivity index (χ0) is 14.2. The smallest absolute Gasteiger partial charge is 0.115 e. The van der Waals surface area contributed by atoms with Crippen LogP contribution in [-0.2, 0) is 11.3 Å². The molecule has 5 nitrogen and oxygen atoms in total. The zero-order valence-electron chi connectivity index (χ0n) is 11.9. The van der Waals surface area contributed by atoms with Gasteiger partial charge in [0.1, 0.15) is 5.75 Å². The van der Waals surface area contributed by atoms with Crippen molar-refractivity contribution in [3.05, 3.63) is 29.8 Å². The number of rotatable bonds is 7. The van der Waals surface area contributed by atoms with Crippen LogP contribution in [-0.4, -0.2) is 72.6 Å². The minimum atomic E-state index is 0.155. The van der Waals surface area contributed by atoms with Gasteiger partial charge in [-0.25, -0.2) is 0 Å². The Kier molecular flexibility index (Phi) is 6.26. The molecule has 2 rings (SSSR count). The number of aliphatic hydroxyl groups excluding tert-OH is 1. The summed E-state index contributed by atoms with van der Waals surface area (Å²) < 4.78 is 5.34. The first kappa shape index (κ1) is 15.3. The van der Waals surface area contributed by atoms with Crippen molar-refractivity contribution in [1.82, 2.24) is 9.80 Å². The average molecular weight is 280 g/mol. The minimum absolute atomic E-state index is 0.155. The van der Waals surface area contributed by atoms with E-state index in [0.717, 1.165) is 51.5 Å². The van der Waals surface area contributed by atoms with Gasteiger partial charge in [-0.05, 0) is 17.7 Å². The van der Waals surface area contributed by atoms with E-state index in [0.29, 0.717) is 12.3 Å². The van der Waals surface area contributed by atoms with E-state index < -0.39 is 0 Å². The molecule has 0 aliphatic carbocycles. The highest BCUT2D eigenvalue weighted by Crippen LogP contribution is 2.13. The molecule has 0 unspecified atom stereocenters. The topological polar surface area (TPSA) is 56.2 Å². The molecule has 112 valence electrons. The number of phenols is 1. The summed E-state index contributed by atoms with van der Waals surface area (Å²) >= 11 is 0. The molecule has 5 heteroatoms. The highest BCUT2D eigenvalue weighted by Gasteiger charge is 2.12. The maximum atomic E-state index is 9.50. The van der Waals surface area contributed by atoms with Crippen molar-refractivity contribution in [1.29, 1.82) is 0 Å². The highest BCUT2D eigenvalue weighted by atomic mass is 16.5. The van der Waals surface area contributed by atoms with Gasteiger partial charge in [0.15, 0.2) is 0 Å². The van der Waals surface area contributed by atoms with E-state index in [-0.39, 0.29) is 6.61 Å². The molecule has 1 heterocycles. The van der Waals surface area contributed by atoms with Gasteiger partial charge in [-0.1, -0.05) is 12.1 Å². The third-order valence-electron chi connectivity index (χ3n) is 3.57. The molecular weight excluding hydrogens is 256 g/mol. The fourth-order valence-corrected chi connectivity index (χ4v) is 2.43. The van der Waals surface area contributed by atoms with Gasteiger partial charge in [0.25, 0.3) is 0 Å². The molecule has 20 heavy (non-hydrogen) atoms. The van der Waals surface area contributed by atoms with Gasteiger partial charge in [-0.3, -0.25) is 9.80 Å². The van der Waals surface area contributed by atoms with Crippen LogP contribution in [0.5, 0.6) is 5.75 Å². The number of phenolic OH excluding ortho intramolecular Hbond substituents is 1. The summed E-state index contributed by atoms with van der Waals surface area (Å²) in [5.74, 6) is 0.291. The van der Waals surface area contributed by atoms with E-state index in [1.807, 2.05) is 12.1 Å². The second-order valence-corrected chi connectivity index (χ2v) is 5.12. The molecule has 1 saturated heterocycles. The summed E-state index contributed by atoms with van der Waals surface area (Å²) in [6.45, 7) is 7.05. The number of aliphatic hydroxyl groups is 1. The number of aromatic hydroxyl groups is 1. The van der Waals surface area contributed by atoms with Gasteiger partial charge >= 0.3 is 0 Å². The molecular formula is C15H24N2O3. The van der Waals surface area contributed by atoms with Crippen LogP contribution in [0.3, 0.4) is 0 Å². The molecule has 1 aromatic carbocycles. The Morgan fingerprint density at radius 2 is 2.00 bits per heavy atom. The summed E-state index contributed by atoms with van der Waals surface area (Å²) in [6, 6.07) is 7.30. The van der Waals surface area contributed by atoms with Crippen molar-refractivity contribution in [2.24, 2.45) is 0 Å². The second-order valence-electron chi connectivity index (χ2n) is 5.12. The quantitative estimate of drug-likeness (QED) is 0.762. The van der Waals surface area contributed by atoms with Crippen molar-refractivity contribution in [3.8, 4) is 5.75 Å². The van der Waals surface area contributed by atoms with Gasteiger partial charge in [-0.2, -0.15) is 0 Å². The molecule has 0 spiro atoms. The van der Waals surface area contributed by atoms with Crippen LogP contribution in [0.4, 0.5) is 0 Å². The summed E-state index contributed by atoms with van der Waals surface area (Å²) in [7, 11) is 0. The molecule has 0 radical (unpaired) electrons. The summed E-state index contributed by atoms with van der Waals surface area (Å²) in [6.07, 6.45) is 0. The Morgan fingerprint density at radius 1 is 1.20 bits per heavy atom. The van der Waals surface area contributed by atoms with Gasteiger partial charge in [0.2, 0.25) is 0 Å². The molecule has 1 fully saturated rings. The standard InChI is InChI=1S/C15H24N2O3/c18-9-6-17(5-4-16-7-10-20-11-8-16)13-14-2-1-3-15(19)12-14/h1-3,12,18-19H,4-11,13H2. The second kappa shape index (κ2) is 8.21. The lowest BCUT2D eigenvalue weighted by Crippen LogP contribution is -2.41. The molecule has 0 saturated carbocycles. The van der Waals surface area contributed by atoms with Gasteiger partial charge < -0.3 is 14.9 Å². The van der Waals surface area contributed by atoms with Crippen LogP contribution in [0, 0.1) is 0 Å². The first-order chi connectivity index (χ1) is 9.78. The minimum Gasteiger partial charge on any atom is -0.508 e. The fourth-order valence-electron chi connectivity index (χ4n) is 2.43. The van der Waals surface area contributed by atoms with Gasteiger partial charge in [0.05, 0.1) is 19.8 Å². The normalized spacial score (nSPS) is 16.7. The lowest BCUT2D eigenvalue weighted by Gasteiger charge is -2.29. The maximum absolute atomic E-state index is 9.50. The van der Waals surface area contributed by atoms with E-state index in [1.165, 1.54) is 0 Å². The van der Waals surface area contributed by atoms with E-state index in [2.05, 4.69) is 9.80 Å². The van der Waals surface area contributed by atoms with E-state index in [1.54, 1.807) is 12.1 Å². The van der Waals surface area contributed by atoms with Crippen molar-refractivity contribution in [2.75, 3.05) is 52.5 Å². The first-order valence-electron chi connectivity index (χ1n) is 7.19. The zero-order valence-corrected chi connectivity index (χ0v) is 11.9. The first-order valence-corrected chi connectivity index (χ1v) is 7.19. The third-order valence-corrected chi connectivity index (χ3v) is 3.57. The number of nitrogens with zero attached hydrogens (tertiary/aromatic N) is 2. The van der Waals surface area contributed by atoms with Crippen molar-refractivity contribution < 1.29 is 14.9 Å². The molecule has 0 aromatic heterocycles. The summed E-state index contributed by atoms with van der Waals surface area (Å²) in [4.78, 5) is 4.60. The predicted molar refractivity (Wildman–Crippen MR) is 77.7 cm³/mol. The molecule has 0 atom stereocenters. The summed E-state index contributed by atoms with van der Waals surface area (Å²) in [5.41, 5.74) is 1.07. The summed E-state index contributed by atoms with van der Waals surface area (Å²) in [5, 5.41) is 18.7. The van der Waals surface area contributed by atoms with Crippen LogP contribution >= 0.6 is 0 Å². The van der Waals surface area contributed by atoms with Crippen LogP contribution in [0.15, 0.2) is 24.3 Å². The number of ether oxygens (including phenoxy) is 1. The number of morpholine rings is 1. The Bertz CT molecular complexity index is 394. The van der Waals surface area contributed by atoms with Crippen LogP contribution < -0.4 is 0 Å². The maximum Gasteiger partial charge on any atom is 0.115 e. The van der Waals surface area contributed by atoms with Gasteiger partial charge in [0, 0.05) is 39.3 Å². The molecule has 1 aliphatic rings. The Labute approximate surface area is 120 Å². The highest BCUT2D eigenvalue weighted by molar-refractivity contribution is 5.26. The number of hydrogen-bond acceptors (Lipinski definition) is 5. The molecule has 1 aliphatic heterocycles. The Balaban J connectivity index is 1.82. The average Bonchev–Trinajstić information content (AvgIpc) is 2.46. The largest absolute Gasteiger partial charge is 0.508 e. The van der Waals surface area contributed by atoms with Crippen LogP contribution in [0.25, 0.3) is 0 Å². The predicted octanol–water partition coefficient (Wildman–Crippen LogP) is 0.519. The molecule has 1 aromatic rings. The van der Waals surface area contributed by atoms with E-state index >= 15 is 0 Å². The lowest BCUT2D eigenvalue weighted by molar-refractivity contribution is 0.0320. The number of hydrogen-bond donors (Lipinski definition) is 2. The van der Waals surface area contributed by atoms with Gasteiger partial charge in [-0.15, -0.1) is 0 Å². The van der Waals surface area contributed by atoms with Crippen molar-refractivity contribution in [2.45, 2.75) is 6.54 Å². The number of benzene rings is 1. The Hall–Kier alpha value is -1.14. The monoisotopic (exact) mass is 280 g/mol. The van der Waals surface area contributed by atoms with E-state index in [4.69, 9.17) is 4.74 Å². The van der Waals surface area contributed by atoms with Crippen molar-refractivity contribution >= 4 is 0 Å². The lowest BCUT2D eigenvalue weighted by atomic mass is 10.2. The fraction of sp³-hybridized carbons (Fsp3) is 0.600. The van der Waals surface area contributed by atoms with Crippen LogP contribution in [0.2, 0.25) is 0 Å².